The highest BCUT2D eigenvalue weighted by Crippen LogP contribution is 2.29. The van der Waals surface area contributed by atoms with E-state index < -0.39 is 0 Å². The number of aryl methyl sites for hydroxylation is 2. The largest absolute Gasteiger partial charge is 0.493 e. The summed E-state index contributed by atoms with van der Waals surface area (Å²) < 4.78 is 16.6. The van der Waals surface area contributed by atoms with Crippen LogP contribution in [0.15, 0.2) is 47.0 Å². The zero-order valence-corrected chi connectivity index (χ0v) is 20.4. The predicted molar refractivity (Wildman–Crippen MR) is 130 cm³/mol. The Morgan fingerprint density at radius 2 is 1.97 bits per heavy atom. The van der Waals surface area contributed by atoms with E-state index >= 15 is 0 Å². The summed E-state index contributed by atoms with van der Waals surface area (Å²) in [6, 6.07) is 14.2. The number of nitrogens with one attached hydrogen (secondary N) is 1. The van der Waals surface area contributed by atoms with Gasteiger partial charge < -0.3 is 19.3 Å². The van der Waals surface area contributed by atoms with Gasteiger partial charge in [0.1, 0.15) is 12.4 Å². The lowest BCUT2D eigenvalue weighted by atomic mass is 9.98. The number of benzene rings is 2. The SMILES string of the molecule is CCC(CNC(=O)c1ccc(OCc2c(C)noc2C)c(OC)c1)N1CCc2ccccc2C1. The van der Waals surface area contributed by atoms with Gasteiger partial charge in [0.25, 0.3) is 5.91 Å². The standard InChI is InChI=1S/C27H33N3O4/c1-5-23(30-13-12-20-8-6-7-9-22(20)16-30)15-28-27(31)21-10-11-25(26(14-21)32-4)33-17-24-18(2)29-34-19(24)3/h6-11,14,23H,5,12-13,15-17H2,1-4H3,(H,28,31). The average Bonchev–Trinajstić information content (AvgIpc) is 3.19. The zero-order valence-electron chi connectivity index (χ0n) is 20.4. The second kappa shape index (κ2) is 10.7. The fourth-order valence-corrected chi connectivity index (χ4v) is 4.46. The molecule has 1 aliphatic rings. The third-order valence-electron chi connectivity index (χ3n) is 6.63. The molecule has 4 rings (SSSR count). The molecule has 1 aliphatic heterocycles. The van der Waals surface area contributed by atoms with Crippen LogP contribution in [0, 0.1) is 13.8 Å². The van der Waals surface area contributed by atoms with E-state index in [2.05, 4.69) is 46.6 Å². The molecule has 7 heteroatoms. The lowest BCUT2D eigenvalue weighted by molar-refractivity contribution is 0.0926. The third kappa shape index (κ3) is 5.25. The monoisotopic (exact) mass is 463 g/mol. The number of ether oxygens (including phenoxy) is 2. The van der Waals surface area contributed by atoms with Crippen molar-refractivity contribution in [2.45, 2.75) is 52.8 Å². The molecular weight excluding hydrogens is 430 g/mol. The average molecular weight is 464 g/mol. The van der Waals surface area contributed by atoms with Gasteiger partial charge in [-0.05, 0) is 56.0 Å². The van der Waals surface area contributed by atoms with Gasteiger partial charge in [0, 0.05) is 31.2 Å². The van der Waals surface area contributed by atoms with Crippen LogP contribution in [0.2, 0.25) is 0 Å². The molecule has 34 heavy (non-hydrogen) atoms. The molecule has 0 fully saturated rings. The van der Waals surface area contributed by atoms with Crippen molar-refractivity contribution < 1.29 is 18.8 Å². The van der Waals surface area contributed by atoms with Gasteiger partial charge in [-0.15, -0.1) is 0 Å². The summed E-state index contributed by atoms with van der Waals surface area (Å²) in [4.78, 5) is 15.4. The molecule has 1 N–H and O–H groups in total. The molecule has 0 saturated heterocycles. The smallest absolute Gasteiger partial charge is 0.251 e. The molecule has 0 aliphatic carbocycles. The maximum atomic E-state index is 12.9. The second-order valence-corrected chi connectivity index (χ2v) is 8.72. The summed E-state index contributed by atoms with van der Waals surface area (Å²) in [5.74, 6) is 1.69. The number of nitrogens with zero attached hydrogens (tertiary/aromatic N) is 2. The molecule has 2 heterocycles. The summed E-state index contributed by atoms with van der Waals surface area (Å²) in [6.45, 7) is 8.77. The van der Waals surface area contributed by atoms with Crippen molar-refractivity contribution in [3.8, 4) is 11.5 Å². The maximum absolute atomic E-state index is 12.9. The number of rotatable bonds is 9. The van der Waals surface area contributed by atoms with Gasteiger partial charge in [0.05, 0.1) is 18.4 Å². The minimum absolute atomic E-state index is 0.119. The molecule has 0 bridgehead atoms. The molecule has 3 aromatic rings. The molecule has 2 aromatic carbocycles. The van der Waals surface area contributed by atoms with E-state index in [0.717, 1.165) is 42.9 Å². The first-order valence-electron chi connectivity index (χ1n) is 11.8. The minimum Gasteiger partial charge on any atom is -0.493 e. The Hall–Kier alpha value is -3.32. The summed E-state index contributed by atoms with van der Waals surface area (Å²) in [6.07, 6.45) is 2.02. The highest BCUT2D eigenvalue weighted by Gasteiger charge is 2.23. The van der Waals surface area contributed by atoms with Crippen LogP contribution < -0.4 is 14.8 Å². The number of carbonyl (C=O) groups is 1. The van der Waals surface area contributed by atoms with Crippen LogP contribution in [0.4, 0.5) is 0 Å². The van der Waals surface area contributed by atoms with Crippen molar-refractivity contribution in [1.29, 1.82) is 0 Å². The van der Waals surface area contributed by atoms with E-state index in [4.69, 9.17) is 14.0 Å². The minimum atomic E-state index is -0.119. The Bertz CT molecular complexity index is 1120. The van der Waals surface area contributed by atoms with Gasteiger partial charge >= 0.3 is 0 Å². The van der Waals surface area contributed by atoms with Crippen LogP contribution in [0.25, 0.3) is 0 Å². The quantitative estimate of drug-likeness (QED) is 0.505. The van der Waals surface area contributed by atoms with Crippen molar-refractivity contribution in [2.75, 3.05) is 20.2 Å². The number of fused-ring (bicyclic) bond motifs is 1. The zero-order chi connectivity index (χ0) is 24.1. The van der Waals surface area contributed by atoms with Crippen LogP contribution in [0.1, 0.15) is 51.8 Å². The van der Waals surface area contributed by atoms with E-state index in [9.17, 15) is 4.79 Å². The van der Waals surface area contributed by atoms with Crippen molar-refractivity contribution in [2.24, 2.45) is 0 Å². The van der Waals surface area contributed by atoms with Crippen LogP contribution in [0.3, 0.4) is 0 Å². The van der Waals surface area contributed by atoms with E-state index in [1.165, 1.54) is 11.1 Å². The first-order chi connectivity index (χ1) is 16.5. The third-order valence-corrected chi connectivity index (χ3v) is 6.63. The summed E-state index contributed by atoms with van der Waals surface area (Å²) in [5, 5.41) is 7.07. The predicted octanol–water partition coefficient (Wildman–Crippen LogP) is 4.45. The van der Waals surface area contributed by atoms with E-state index in [1.807, 2.05) is 13.8 Å². The summed E-state index contributed by atoms with van der Waals surface area (Å²) >= 11 is 0. The van der Waals surface area contributed by atoms with Crippen molar-refractivity contribution in [3.63, 3.8) is 0 Å². The van der Waals surface area contributed by atoms with Gasteiger partial charge in [0.2, 0.25) is 0 Å². The number of amides is 1. The second-order valence-electron chi connectivity index (χ2n) is 8.72. The molecular formula is C27H33N3O4. The van der Waals surface area contributed by atoms with Gasteiger partial charge in [-0.3, -0.25) is 9.69 Å². The Kier molecular flexibility index (Phi) is 7.53. The Labute approximate surface area is 201 Å². The van der Waals surface area contributed by atoms with Gasteiger partial charge in [-0.25, -0.2) is 0 Å². The van der Waals surface area contributed by atoms with E-state index in [1.54, 1.807) is 25.3 Å². The number of carbonyl (C=O) groups excluding carboxylic acids is 1. The molecule has 0 spiro atoms. The lowest BCUT2D eigenvalue weighted by Gasteiger charge is -2.35. The maximum Gasteiger partial charge on any atom is 0.251 e. The highest BCUT2D eigenvalue weighted by atomic mass is 16.5. The Morgan fingerprint density at radius 1 is 1.18 bits per heavy atom. The normalized spacial score (nSPS) is 14.4. The first kappa shape index (κ1) is 23.8. The number of hydrogen-bond acceptors (Lipinski definition) is 6. The molecule has 7 nitrogen and oxygen atoms in total. The lowest BCUT2D eigenvalue weighted by Crippen LogP contribution is -2.45. The fourth-order valence-electron chi connectivity index (χ4n) is 4.46. The van der Waals surface area contributed by atoms with Crippen molar-refractivity contribution in [1.82, 2.24) is 15.4 Å². The Balaban J connectivity index is 1.36. The molecule has 1 amide bonds. The van der Waals surface area contributed by atoms with Crippen LogP contribution in [-0.4, -0.2) is 42.2 Å². The Morgan fingerprint density at radius 3 is 2.68 bits per heavy atom. The number of hydrogen-bond donors (Lipinski definition) is 1. The van der Waals surface area contributed by atoms with Gasteiger partial charge in [-0.2, -0.15) is 0 Å². The molecule has 180 valence electrons. The van der Waals surface area contributed by atoms with Gasteiger partial charge in [0.15, 0.2) is 11.5 Å². The molecule has 0 radical (unpaired) electrons. The first-order valence-corrected chi connectivity index (χ1v) is 11.8. The van der Waals surface area contributed by atoms with E-state index in [-0.39, 0.29) is 11.9 Å². The van der Waals surface area contributed by atoms with Crippen LogP contribution in [0.5, 0.6) is 11.5 Å². The van der Waals surface area contributed by atoms with Crippen molar-refractivity contribution >= 4 is 5.91 Å². The van der Waals surface area contributed by atoms with Gasteiger partial charge in [-0.1, -0.05) is 36.3 Å². The van der Waals surface area contributed by atoms with Crippen LogP contribution in [-0.2, 0) is 19.6 Å². The molecule has 1 atom stereocenters. The molecule has 1 aromatic heterocycles. The van der Waals surface area contributed by atoms with E-state index in [0.29, 0.717) is 30.2 Å². The molecule has 0 saturated carbocycles. The van der Waals surface area contributed by atoms with Crippen molar-refractivity contribution in [3.05, 3.63) is 76.2 Å². The number of methoxy groups -OCH3 is 1. The fraction of sp³-hybridized carbons (Fsp3) is 0.407. The topological polar surface area (TPSA) is 76.8 Å². The number of aromatic nitrogens is 1. The summed E-state index contributed by atoms with van der Waals surface area (Å²) in [5.41, 5.74) is 5.07. The van der Waals surface area contributed by atoms with Crippen LogP contribution >= 0.6 is 0 Å². The molecule has 1 unspecified atom stereocenters. The highest BCUT2D eigenvalue weighted by molar-refractivity contribution is 5.94. The summed E-state index contributed by atoms with van der Waals surface area (Å²) in [7, 11) is 1.57.